The molecule has 196 valence electrons. The molecule has 0 N–H and O–H groups in total. The molecule has 2 fully saturated rings. The second-order valence-corrected chi connectivity index (χ2v) is 12.1. The van der Waals surface area contributed by atoms with E-state index in [1.54, 1.807) is 12.3 Å². The van der Waals surface area contributed by atoms with Gasteiger partial charge in [0.25, 0.3) is 0 Å². The number of hydrogen-bond donors (Lipinski definition) is 0. The highest BCUT2D eigenvalue weighted by molar-refractivity contribution is 7.84. The lowest BCUT2D eigenvalue weighted by molar-refractivity contribution is -0.134. The molecule has 1 aliphatic carbocycles. The first-order valence-electron chi connectivity index (χ1n) is 13.5. The molecule has 0 bridgehead atoms. The molecule has 0 radical (unpaired) electrons. The third-order valence-corrected chi connectivity index (χ3v) is 9.32. The van der Waals surface area contributed by atoms with E-state index >= 15 is 0 Å². The van der Waals surface area contributed by atoms with Crippen LogP contribution in [0.3, 0.4) is 0 Å². The molecule has 2 heterocycles. The second-order valence-electron chi connectivity index (χ2n) is 10.7. The SMILES string of the molecule is CC1=C(C(C)C(=O)N2CCC(N3CCCCC3)CC2)c2cc(F)ccc2/C1=C\c1ccc(S(C)=O)cc1. The zero-order chi connectivity index (χ0) is 26.1. The summed E-state index contributed by atoms with van der Waals surface area (Å²) in [6, 6.07) is 13.1. The number of hydrogen-bond acceptors (Lipinski definition) is 3. The first-order valence-corrected chi connectivity index (χ1v) is 15.1. The summed E-state index contributed by atoms with van der Waals surface area (Å²) < 4.78 is 26.2. The van der Waals surface area contributed by atoms with Crippen LogP contribution in [0.15, 0.2) is 52.9 Å². The van der Waals surface area contributed by atoms with Crippen molar-refractivity contribution >= 4 is 33.9 Å². The van der Waals surface area contributed by atoms with Crippen molar-refractivity contribution in [1.82, 2.24) is 9.80 Å². The van der Waals surface area contributed by atoms with Gasteiger partial charge in [0.15, 0.2) is 0 Å². The molecule has 2 aliphatic heterocycles. The highest BCUT2D eigenvalue weighted by Crippen LogP contribution is 2.46. The molecule has 0 aromatic heterocycles. The number of nitrogens with zero attached hydrogens (tertiary/aromatic N) is 2. The summed E-state index contributed by atoms with van der Waals surface area (Å²) in [5, 5.41) is 0. The standard InChI is InChI=1S/C31H37FN2O2S/c1-21-28(19-23-7-10-26(11-8-23)37(3)36)27-12-9-24(32)20-29(27)30(21)22(2)31(35)34-17-13-25(14-18-34)33-15-5-4-6-16-33/h7-12,19-20,22,25H,4-6,13-18H2,1-3H3/b28-19-. The summed E-state index contributed by atoms with van der Waals surface area (Å²) in [7, 11) is -1.03. The minimum Gasteiger partial charge on any atom is -0.342 e. The van der Waals surface area contributed by atoms with E-state index in [0.29, 0.717) is 6.04 Å². The second kappa shape index (κ2) is 11.0. The van der Waals surface area contributed by atoms with Gasteiger partial charge in [-0.25, -0.2) is 4.39 Å². The monoisotopic (exact) mass is 520 g/mol. The first kappa shape index (κ1) is 26.1. The summed E-state index contributed by atoms with van der Waals surface area (Å²) in [6.45, 7) is 7.98. The Labute approximate surface area is 222 Å². The number of amides is 1. The minimum atomic E-state index is -1.03. The first-order chi connectivity index (χ1) is 17.8. The zero-order valence-corrected chi connectivity index (χ0v) is 23.0. The Hall–Kier alpha value is -2.57. The van der Waals surface area contributed by atoms with Crippen LogP contribution in [0.25, 0.3) is 17.2 Å². The van der Waals surface area contributed by atoms with Gasteiger partial charge in [0.2, 0.25) is 5.91 Å². The molecular formula is C31H37FN2O2S. The van der Waals surface area contributed by atoms with E-state index in [0.717, 1.165) is 64.2 Å². The van der Waals surface area contributed by atoms with Gasteiger partial charge in [-0.05, 0) is 116 Å². The number of piperidine rings is 2. The van der Waals surface area contributed by atoms with Crippen LogP contribution in [0.5, 0.6) is 0 Å². The normalized spacial score (nSPS) is 21.8. The average molecular weight is 521 g/mol. The van der Waals surface area contributed by atoms with Crippen molar-refractivity contribution in [2.45, 2.75) is 56.9 Å². The molecule has 2 atom stereocenters. The Morgan fingerprint density at radius 3 is 2.32 bits per heavy atom. The number of benzene rings is 2. The van der Waals surface area contributed by atoms with E-state index in [1.165, 1.54) is 38.4 Å². The van der Waals surface area contributed by atoms with Crippen molar-refractivity contribution in [3.63, 3.8) is 0 Å². The molecule has 2 aromatic carbocycles. The van der Waals surface area contributed by atoms with E-state index in [9.17, 15) is 13.4 Å². The highest BCUT2D eigenvalue weighted by Gasteiger charge is 2.35. The van der Waals surface area contributed by atoms with E-state index in [2.05, 4.69) is 11.0 Å². The van der Waals surface area contributed by atoms with Crippen molar-refractivity contribution in [1.29, 1.82) is 0 Å². The van der Waals surface area contributed by atoms with Crippen LogP contribution < -0.4 is 0 Å². The Morgan fingerprint density at radius 2 is 1.68 bits per heavy atom. The summed E-state index contributed by atoms with van der Waals surface area (Å²) in [5.74, 6) is -0.498. The molecule has 0 saturated carbocycles. The van der Waals surface area contributed by atoms with Gasteiger partial charge < -0.3 is 9.80 Å². The third-order valence-electron chi connectivity index (χ3n) is 8.38. The number of allylic oxidation sites excluding steroid dienone is 2. The quantitative estimate of drug-likeness (QED) is 0.485. The lowest BCUT2D eigenvalue weighted by atomic mass is 9.91. The van der Waals surface area contributed by atoms with Crippen LogP contribution in [0.2, 0.25) is 0 Å². The van der Waals surface area contributed by atoms with Gasteiger partial charge in [0.1, 0.15) is 5.82 Å². The fourth-order valence-electron chi connectivity index (χ4n) is 6.32. The minimum absolute atomic E-state index is 0.137. The van der Waals surface area contributed by atoms with Crippen LogP contribution in [0, 0.1) is 11.7 Å². The molecule has 2 aromatic rings. The van der Waals surface area contributed by atoms with E-state index in [-0.39, 0.29) is 17.6 Å². The van der Waals surface area contributed by atoms with Crippen LogP contribution in [-0.4, -0.2) is 58.4 Å². The van der Waals surface area contributed by atoms with Crippen molar-refractivity contribution in [3.8, 4) is 0 Å². The molecular weight excluding hydrogens is 483 g/mol. The summed E-state index contributed by atoms with van der Waals surface area (Å²) in [5.41, 5.74) is 5.72. The van der Waals surface area contributed by atoms with Gasteiger partial charge in [-0.15, -0.1) is 0 Å². The maximum atomic E-state index is 14.4. The maximum Gasteiger partial charge on any atom is 0.229 e. The van der Waals surface area contributed by atoms with Crippen molar-refractivity contribution in [2.75, 3.05) is 32.4 Å². The highest BCUT2D eigenvalue weighted by atomic mass is 32.2. The summed E-state index contributed by atoms with van der Waals surface area (Å²) in [4.78, 5) is 19.1. The Bertz CT molecular complexity index is 1250. The Balaban J connectivity index is 1.39. The number of carbonyl (C=O) groups is 1. The van der Waals surface area contributed by atoms with Gasteiger partial charge >= 0.3 is 0 Å². The average Bonchev–Trinajstić information content (AvgIpc) is 3.18. The maximum absolute atomic E-state index is 14.4. The molecule has 0 spiro atoms. The fraction of sp³-hybridized carbons (Fsp3) is 0.452. The van der Waals surface area contributed by atoms with Crippen LogP contribution >= 0.6 is 0 Å². The van der Waals surface area contributed by atoms with Gasteiger partial charge in [-0.2, -0.15) is 0 Å². The van der Waals surface area contributed by atoms with Gasteiger partial charge in [0, 0.05) is 41.1 Å². The topological polar surface area (TPSA) is 40.6 Å². The van der Waals surface area contributed by atoms with Gasteiger partial charge in [-0.1, -0.05) is 24.6 Å². The van der Waals surface area contributed by atoms with Gasteiger partial charge in [-0.3, -0.25) is 9.00 Å². The van der Waals surface area contributed by atoms with Crippen LogP contribution in [0.4, 0.5) is 4.39 Å². The number of fused-ring (bicyclic) bond motifs is 1. The molecule has 5 rings (SSSR count). The molecule has 37 heavy (non-hydrogen) atoms. The molecule has 6 heteroatoms. The summed E-state index contributed by atoms with van der Waals surface area (Å²) >= 11 is 0. The number of halogens is 1. The van der Waals surface area contributed by atoms with Gasteiger partial charge in [0.05, 0.1) is 5.92 Å². The van der Waals surface area contributed by atoms with Crippen LogP contribution in [0.1, 0.15) is 62.6 Å². The van der Waals surface area contributed by atoms with Crippen molar-refractivity contribution in [3.05, 3.63) is 70.5 Å². The lowest BCUT2D eigenvalue weighted by Crippen LogP contribution is -2.49. The van der Waals surface area contributed by atoms with E-state index in [1.807, 2.05) is 49.1 Å². The number of carbonyl (C=O) groups excluding carboxylic acids is 1. The lowest BCUT2D eigenvalue weighted by Gasteiger charge is -2.41. The predicted octanol–water partition coefficient (Wildman–Crippen LogP) is 6.00. The van der Waals surface area contributed by atoms with E-state index in [4.69, 9.17) is 0 Å². The number of likely N-dealkylation sites (tertiary alicyclic amines) is 2. The van der Waals surface area contributed by atoms with Crippen molar-refractivity contribution < 1.29 is 13.4 Å². The van der Waals surface area contributed by atoms with Crippen molar-refractivity contribution in [2.24, 2.45) is 5.92 Å². The Kier molecular flexibility index (Phi) is 7.77. The van der Waals surface area contributed by atoms with E-state index < -0.39 is 10.8 Å². The molecule has 1 amide bonds. The summed E-state index contributed by atoms with van der Waals surface area (Å²) in [6.07, 6.45) is 9.74. The number of rotatable bonds is 5. The fourth-order valence-corrected chi connectivity index (χ4v) is 6.84. The molecule has 2 unspecified atom stereocenters. The largest absolute Gasteiger partial charge is 0.342 e. The molecule has 3 aliphatic rings. The van der Waals surface area contributed by atoms with Crippen LogP contribution in [-0.2, 0) is 15.6 Å². The molecule has 4 nitrogen and oxygen atoms in total. The Morgan fingerprint density at radius 1 is 1.00 bits per heavy atom. The predicted molar refractivity (Wildman–Crippen MR) is 150 cm³/mol. The zero-order valence-electron chi connectivity index (χ0n) is 22.1. The third kappa shape index (κ3) is 5.37. The smallest absolute Gasteiger partial charge is 0.229 e. The molecule has 2 saturated heterocycles.